The van der Waals surface area contributed by atoms with E-state index >= 15 is 0 Å². The van der Waals surface area contributed by atoms with Gasteiger partial charge in [-0.05, 0) is 131 Å². The molecular formula is C52H77N5O7. The van der Waals surface area contributed by atoms with E-state index in [0.717, 1.165) is 107 Å². The molecule has 3 heterocycles. The molecule has 1 amide bonds. The number of hydrogen-bond donors (Lipinski definition) is 3. The number of allylic oxidation sites excluding steroid dienone is 1. The molecule has 5 rings (SSSR count). The number of carbonyl (C=O) groups is 2. The molecule has 352 valence electrons. The van der Waals surface area contributed by atoms with Crippen molar-refractivity contribution in [2.45, 2.75) is 115 Å². The Bertz CT molecular complexity index is 1820. The van der Waals surface area contributed by atoms with E-state index in [-0.39, 0.29) is 29.5 Å². The quantitative estimate of drug-likeness (QED) is 0.0476. The summed E-state index contributed by atoms with van der Waals surface area (Å²) in [7, 11) is 3.62. The highest BCUT2D eigenvalue weighted by atomic mass is 16.5. The second-order valence-electron chi connectivity index (χ2n) is 17.6. The lowest BCUT2D eigenvalue weighted by molar-refractivity contribution is -0.140. The van der Waals surface area contributed by atoms with Crippen molar-refractivity contribution in [3.63, 3.8) is 0 Å². The van der Waals surface area contributed by atoms with Gasteiger partial charge in [0.1, 0.15) is 5.75 Å². The van der Waals surface area contributed by atoms with E-state index in [1.807, 2.05) is 61.8 Å². The summed E-state index contributed by atoms with van der Waals surface area (Å²) in [5.41, 5.74) is 4.86. The Labute approximate surface area is 383 Å². The number of piperidine rings is 1. The largest absolute Gasteiger partial charge is 0.494 e. The summed E-state index contributed by atoms with van der Waals surface area (Å²) in [6.07, 6.45) is 17.6. The number of esters is 1. The fourth-order valence-electron chi connectivity index (χ4n) is 8.85. The van der Waals surface area contributed by atoms with Gasteiger partial charge >= 0.3 is 5.97 Å². The minimum Gasteiger partial charge on any atom is -0.494 e. The average Bonchev–Trinajstić information content (AvgIpc) is 3.49. The van der Waals surface area contributed by atoms with Gasteiger partial charge in [-0.3, -0.25) is 14.6 Å². The molecule has 3 N–H and O–H groups in total. The van der Waals surface area contributed by atoms with Crippen LogP contribution in [0.3, 0.4) is 0 Å². The van der Waals surface area contributed by atoms with Crippen molar-refractivity contribution in [1.29, 1.82) is 0 Å². The van der Waals surface area contributed by atoms with E-state index < -0.39 is 0 Å². The zero-order valence-electron chi connectivity index (χ0n) is 39.4. The lowest BCUT2D eigenvalue weighted by Crippen LogP contribution is -2.53. The van der Waals surface area contributed by atoms with E-state index in [1.54, 1.807) is 0 Å². The Kier molecular flexibility index (Phi) is 21.9. The van der Waals surface area contributed by atoms with Crippen LogP contribution in [0.1, 0.15) is 131 Å². The van der Waals surface area contributed by atoms with Crippen LogP contribution < -0.4 is 20.7 Å². The minimum atomic E-state index is -0.285. The maximum absolute atomic E-state index is 13.7. The van der Waals surface area contributed by atoms with Crippen molar-refractivity contribution in [1.82, 2.24) is 20.5 Å². The number of benzene rings is 2. The summed E-state index contributed by atoms with van der Waals surface area (Å²) in [6, 6.07) is 20.3. The first-order valence-electron chi connectivity index (χ1n) is 24.0. The van der Waals surface area contributed by atoms with Gasteiger partial charge in [0.25, 0.3) is 5.91 Å². The lowest BCUT2D eigenvalue weighted by atomic mass is 9.81. The third-order valence-electron chi connectivity index (χ3n) is 12.9. The van der Waals surface area contributed by atoms with Gasteiger partial charge < -0.3 is 44.5 Å². The highest BCUT2D eigenvalue weighted by Crippen LogP contribution is 2.41. The van der Waals surface area contributed by atoms with E-state index in [1.165, 1.54) is 18.4 Å². The Morgan fingerprint density at radius 2 is 1.48 bits per heavy atom. The predicted octanol–water partition coefficient (Wildman–Crippen LogP) is 9.45. The molecule has 0 aliphatic carbocycles. The SMILES string of the molecule is CCC1C(C)CC=C(C2(Nc3cccc(C(=O)N[C@H](C)c4ccc(OCCCCCCOCCOCCOCCCCCC(=O)OC)cc4)c3)CCN(C)CC2)NC1c1ccncc1. The molecule has 0 saturated carbocycles. The highest BCUT2D eigenvalue weighted by molar-refractivity contribution is 5.95. The molecule has 12 heteroatoms. The van der Waals surface area contributed by atoms with E-state index in [0.29, 0.717) is 63.5 Å². The Balaban J connectivity index is 0.992. The zero-order valence-corrected chi connectivity index (χ0v) is 39.4. The minimum absolute atomic E-state index is 0.101. The number of carbonyl (C=O) groups excluding carboxylic acids is 2. The summed E-state index contributed by atoms with van der Waals surface area (Å²) in [5.74, 6) is 1.61. The van der Waals surface area contributed by atoms with Gasteiger partial charge in [-0.15, -0.1) is 0 Å². The van der Waals surface area contributed by atoms with Crippen molar-refractivity contribution in [3.8, 4) is 5.75 Å². The lowest BCUT2D eigenvalue weighted by Gasteiger charge is -2.45. The second kappa shape index (κ2) is 27.7. The van der Waals surface area contributed by atoms with Crippen molar-refractivity contribution >= 4 is 17.6 Å². The molecule has 2 aliphatic rings. The maximum Gasteiger partial charge on any atom is 0.305 e. The molecule has 0 bridgehead atoms. The summed E-state index contributed by atoms with van der Waals surface area (Å²) in [6.45, 7) is 13.0. The molecule has 3 aromatic rings. The summed E-state index contributed by atoms with van der Waals surface area (Å²) >= 11 is 0. The third-order valence-corrected chi connectivity index (χ3v) is 12.9. The van der Waals surface area contributed by atoms with Gasteiger partial charge in [0.2, 0.25) is 0 Å². The number of aromatic nitrogens is 1. The number of unbranched alkanes of at least 4 members (excludes halogenated alkanes) is 5. The third kappa shape index (κ3) is 16.5. The zero-order chi connectivity index (χ0) is 45.4. The molecule has 3 unspecified atom stereocenters. The summed E-state index contributed by atoms with van der Waals surface area (Å²) in [4.78, 5) is 31.5. The smallest absolute Gasteiger partial charge is 0.305 e. The maximum atomic E-state index is 13.7. The van der Waals surface area contributed by atoms with Crippen LogP contribution >= 0.6 is 0 Å². The molecule has 0 spiro atoms. The van der Waals surface area contributed by atoms with E-state index in [4.69, 9.17) is 18.9 Å². The van der Waals surface area contributed by atoms with Gasteiger partial charge in [0.05, 0.1) is 57.8 Å². The first kappa shape index (κ1) is 50.5. The van der Waals surface area contributed by atoms with Crippen LogP contribution in [0, 0.1) is 11.8 Å². The molecular weight excluding hydrogens is 807 g/mol. The number of nitrogens with one attached hydrogen (secondary N) is 3. The average molecular weight is 884 g/mol. The predicted molar refractivity (Wildman–Crippen MR) is 255 cm³/mol. The Hall–Kier alpha value is -4.49. The van der Waals surface area contributed by atoms with Crippen LogP contribution in [0.4, 0.5) is 5.69 Å². The fourth-order valence-corrected chi connectivity index (χ4v) is 8.85. The summed E-state index contributed by atoms with van der Waals surface area (Å²) < 4.78 is 27.5. The molecule has 1 saturated heterocycles. The van der Waals surface area contributed by atoms with E-state index in [2.05, 4.69) is 75.7 Å². The van der Waals surface area contributed by atoms with Gasteiger partial charge in [-0.25, -0.2) is 0 Å². The standard InChI is InChI=1S/C52H77N5O7/c1-6-47-40(2)18-23-48(55-50(47)43-24-28-53-29-25-43)52(26-30-57(4)31-27-52)56-45-16-14-15-44(39-45)51(59)54-41(3)42-19-21-46(22-20-42)64-34-13-8-7-11-32-61-35-37-63-38-36-62-33-12-9-10-17-49(58)60-5/h14-16,19-25,28-29,39-41,47,50,55-56H,6-13,17-18,26-27,30-38H2,1-5H3,(H,54,59)/t40?,41-,47?,50?/m1/s1. The first-order valence-corrected chi connectivity index (χ1v) is 24.0. The number of amides is 1. The topological polar surface area (TPSA) is 133 Å². The van der Waals surface area contributed by atoms with E-state index in [9.17, 15) is 9.59 Å². The molecule has 2 aromatic carbocycles. The van der Waals surface area contributed by atoms with Crippen LogP contribution in [0.25, 0.3) is 0 Å². The van der Waals surface area contributed by atoms with Crippen LogP contribution in [-0.2, 0) is 23.7 Å². The molecule has 0 radical (unpaired) electrons. The highest BCUT2D eigenvalue weighted by Gasteiger charge is 2.41. The van der Waals surface area contributed by atoms with Gasteiger partial charge in [-0.2, -0.15) is 0 Å². The van der Waals surface area contributed by atoms with Crippen molar-refractivity contribution in [2.24, 2.45) is 11.8 Å². The number of rotatable bonds is 28. The van der Waals surface area contributed by atoms with Crippen molar-refractivity contribution in [3.05, 3.63) is 102 Å². The number of pyridine rings is 1. The van der Waals surface area contributed by atoms with Crippen molar-refractivity contribution < 1.29 is 33.3 Å². The van der Waals surface area contributed by atoms with Gasteiger partial charge in [-0.1, -0.05) is 57.4 Å². The number of anilines is 1. The number of likely N-dealkylation sites (tertiary alicyclic amines) is 1. The van der Waals surface area contributed by atoms with Crippen LogP contribution in [0.2, 0.25) is 0 Å². The normalized spacial score (nSPS) is 19.1. The van der Waals surface area contributed by atoms with Gasteiger partial charge in [0.15, 0.2) is 0 Å². The van der Waals surface area contributed by atoms with Crippen molar-refractivity contribution in [2.75, 3.05) is 78.8 Å². The molecule has 64 heavy (non-hydrogen) atoms. The molecule has 12 nitrogen and oxygen atoms in total. The van der Waals surface area contributed by atoms with Crippen LogP contribution in [0.15, 0.2) is 84.8 Å². The number of hydrogen-bond acceptors (Lipinski definition) is 11. The second-order valence-corrected chi connectivity index (χ2v) is 17.6. The molecule has 1 aromatic heterocycles. The Morgan fingerprint density at radius 1 is 0.844 bits per heavy atom. The fraction of sp³-hybridized carbons (Fsp3) is 0.596. The first-order chi connectivity index (χ1) is 31.2. The molecule has 4 atom stereocenters. The van der Waals surface area contributed by atoms with Gasteiger partial charge in [0, 0.05) is 62.1 Å². The number of methoxy groups -OCH3 is 1. The summed E-state index contributed by atoms with van der Waals surface area (Å²) in [5, 5.41) is 11.3. The monoisotopic (exact) mass is 884 g/mol. The molecule has 1 fully saturated rings. The number of nitrogens with zero attached hydrogens (tertiary/aromatic N) is 2. The number of ether oxygens (including phenoxy) is 5. The van der Waals surface area contributed by atoms with Crippen LogP contribution in [-0.4, -0.2) is 101 Å². The van der Waals surface area contributed by atoms with Crippen LogP contribution in [0.5, 0.6) is 5.75 Å². The Morgan fingerprint density at radius 3 is 2.14 bits per heavy atom. The molecule has 2 aliphatic heterocycles.